The van der Waals surface area contributed by atoms with Crippen LogP contribution in [0.1, 0.15) is 24.3 Å². The molecule has 0 saturated carbocycles. The Hall–Kier alpha value is -2.90. The van der Waals surface area contributed by atoms with Crippen LogP contribution in [-0.2, 0) is 16.0 Å². The Balaban J connectivity index is 1.34. The van der Waals surface area contributed by atoms with E-state index in [4.69, 9.17) is 9.26 Å². The number of rotatable bonds is 4. The third-order valence-electron chi connectivity index (χ3n) is 5.22. The third-order valence-corrected chi connectivity index (χ3v) is 5.22. The fourth-order valence-electron chi connectivity index (χ4n) is 3.72. The van der Waals surface area contributed by atoms with Crippen molar-refractivity contribution in [1.29, 1.82) is 0 Å². The van der Waals surface area contributed by atoms with Gasteiger partial charge in [0.1, 0.15) is 0 Å². The van der Waals surface area contributed by atoms with Crippen LogP contribution in [0.15, 0.2) is 28.8 Å². The average Bonchev–Trinajstić information content (AvgIpc) is 3.34. The number of amides is 2. The van der Waals surface area contributed by atoms with Crippen LogP contribution in [0.3, 0.4) is 0 Å². The molecule has 27 heavy (non-hydrogen) atoms. The van der Waals surface area contributed by atoms with Crippen molar-refractivity contribution >= 4 is 12.0 Å². The van der Waals surface area contributed by atoms with Crippen molar-refractivity contribution < 1.29 is 18.8 Å². The van der Waals surface area contributed by atoms with Crippen molar-refractivity contribution in [2.45, 2.75) is 31.8 Å². The zero-order valence-corrected chi connectivity index (χ0v) is 15.5. The number of likely N-dealkylation sites (tertiary alicyclic amines) is 1. The van der Waals surface area contributed by atoms with Crippen molar-refractivity contribution in [1.82, 2.24) is 19.9 Å². The van der Waals surface area contributed by atoms with Gasteiger partial charge in [0.25, 0.3) is 0 Å². The Kier molecular flexibility index (Phi) is 4.33. The van der Waals surface area contributed by atoms with Crippen LogP contribution in [0.2, 0.25) is 0 Å². The molecule has 0 bridgehead atoms. The summed E-state index contributed by atoms with van der Waals surface area (Å²) in [6.45, 7) is 3.56. The molecule has 2 aliphatic rings. The molecule has 1 unspecified atom stereocenters. The number of hydrogen-bond donors (Lipinski definition) is 0. The fraction of sp³-hybridized carbons (Fsp3) is 0.474. The Bertz CT molecular complexity index is 880. The van der Waals surface area contributed by atoms with Crippen molar-refractivity contribution in [2.75, 3.05) is 26.7 Å². The highest BCUT2D eigenvalue weighted by molar-refractivity contribution is 5.77. The van der Waals surface area contributed by atoms with Gasteiger partial charge in [0.2, 0.25) is 17.6 Å². The number of nitrogens with zero attached hydrogens (tertiary/aromatic N) is 4. The first-order chi connectivity index (χ1) is 13.0. The molecule has 0 radical (unpaired) electrons. The quantitative estimate of drug-likeness (QED) is 0.818. The summed E-state index contributed by atoms with van der Waals surface area (Å²) in [5.74, 6) is 0.993. The van der Waals surface area contributed by atoms with Crippen molar-refractivity contribution in [3.05, 3.63) is 35.7 Å². The van der Waals surface area contributed by atoms with E-state index in [9.17, 15) is 9.59 Å². The largest absolute Gasteiger partial charge is 0.439 e. The molecule has 2 aromatic rings. The van der Waals surface area contributed by atoms with Crippen LogP contribution < -0.4 is 0 Å². The van der Waals surface area contributed by atoms with Crippen molar-refractivity contribution in [3.8, 4) is 11.4 Å². The lowest BCUT2D eigenvalue weighted by Gasteiger charge is -2.21. The van der Waals surface area contributed by atoms with E-state index in [0.717, 1.165) is 11.1 Å². The van der Waals surface area contributed by atoms with Crippen LogP contribution in [0, 0.1) is 6.92 Å². The van der Waals surface area contributed by atoms with Gasteiger partial charge in [-0.2, -0.15) is 4.98 Å². The lowest BCUT2D eigenvalue weighted by molar-refractivity contribution is -0.131. The Morgan fingerprint density at radius 2 is 2.11 bits per heavy atom. The molecule has 0 aliphatic carbocycles. The number of carbonyl (C=O) groups is 2. The summed E-state index contributed by atoms with van der Waals surface area (Å²) in [5.41, 5.74) is 1.44. The van der Waals surface area contributed by atoms with Gasteiger partial charge >= 0.3 is 6.09 Å². The first-order valence-electron chi connectivity index (χ1n) is 9.06. The predicted molar refractivity (Wildman–Crippen MR) is 95.8 cm³/mol. The summed E-state index contributed by atoms with van der Waals surface area (Å²) in [4.78, 5) is 31.9. The molecule has 1 aromatic carbocycles. The van der Waals surface area contributed by atoms with E-state index in [2.05, 4.69) is 10.1 Å². The first kappa shape index (κ1) is 17.5. The second kappa shape index (κ2) is 6.68. The zero-order valence-electron chi connectivity index (χ0n) is 15.5. The minimum Gasteiger partial charge on any atom is -0.439 e. The molecule has 3 heterocycles. The monoisotopic (exact) mass is 370 g/mol. The third kappa shape index (κ3) is 3.39. The molecule has 1 spiro atoms. The first-order valence-corrected chi connectivity index (χ1v) is 9.06. The van der Waals surface area contributed by atoms with Gasteiger partial charge in [-0.3, -0.25) is 4.79 Å². The summed E-state index contributed by atoms with van der Waals surface area (Å²) >= 11 is 0. The number of aromatic nitrogens is 2. The van der Waals surface area contributed by atoms with E-state index >= 15 is 0 Å². The Morgan fingerprint density at radius 1 is 1.30 bits per heavy atom. The number of ether oxygens (including phenoxy) is 1. The van der Waals surface area contributed by atoms with Crippen LogP contribution in [-0.4, -0.2) is 64.2 Å². The van der Waals surface area contributed by atoms with E-state index in [1.807, 2.05) is 31.2 Å². The smallest absolute Gasteiger partial charge is 0.410 e. The van der Waals surface area contributed by atoms with Crippen LogP contribution in [0.25, 0.3) is 11.4 Å². The molecule has 8 nitrogen and oxygen atoms in total. The zero-order chi connectivity index (χ0) is 19.0. The highest BCUT2D eigenvalue weighted by Crippen LogP contribution is 2.32. The van der Waals surface area contributed by atoms with Crippen LogP contribution >= 0.6 is 0 Å². The highest BCUT2D eigenvalue weighted by Gasteiger charge is 2.49. The minimum absolute atomic E-state index is 0.00752. The fourth-order valence-corrected chi connectivity index (χ4v) is 3.72. The summed E-state index contributed by atoms with van der Waals surface area (Å²) in [7, 11) is 1.71. The van der Waals surface area contributed by atoms with Crippen LogP contribution in [0.5, 0.6) is 0 Å². The molecule has 2 fully saturated rings. The lowest BCUT2D eigenvalue weighted by atomic mass is 10.0. The topological polar surface area (TPSA) is 88.8 Å². The summed E-state index contributed by atoms with van der Waals surface area (Å²) in [6.07, 6.45) is 1.03. The summed E-state index contributed by atoms with van der Waals surface area (Å²) < 4.78 is 10.8. The maximum Gasteiger partial charge on any atom is 0.410 e. The molecule has 0 N–H and O–H groups in total. The molecule has 2 saturated heterocycles. The van der Waals surface area contributed by atoms with Gasteiger partial charge in [-0.15, -0.1) is 0 Å². The SMILES string of the molecule is Cc1ccccc1-c1noc(CCC(=O)N2CCC3(CN(C)C(=O)O3)C2)n1. The summed E-state index contributed by atoms with van der Waals surface area (Å²) in [5, 5.41) is 4.02. The van der Waals surface area contributed by atoms with E-state index < -0.39 is 5.60 Å². The van der Waals surface area contributed by atoms with Crippen molar-refractivity contribution in [3.63, 3.8) is 0 Å². The van der Waals surface area contributed by atoms with E-state index in [-0.39, 0.29) is 18.4 Å². The van der Waals surface area contributed by atoms with Gasteiger partial charge < -0.3 is 19.1 Å². The van der Waals surface area contributed by atoms with E-state index in [1.54, 1.807) is 16.8 Å². The molecule has 8 heteroatoms. The minimum atomic E-state index is -0.552. The Labute approximate surface area is 157 Å². The standard InChI is InChI=1S/C19H22N4O4/c1-13-5-3-4-6-14(13)17-20-15(27-21-17)7-8-16(24)23-10-9-19(12-23)11-22(2)18(25)26-19/h3-6H,7-12H2,1-2H3. The second-order valence-corrected chi connectivity index (χ2v) is 7.30. The normalized spacial score (nSPS) is 21.9. The number of carbonyl (C=O) groups excluding carboxylic acids is 2. The average molecular weight is 370 g/mol. The maximum atomic E-state index is 12.5. The molecule has 2 aliphatic heterocycles. The van der Waals surface area contributed by atoms with Gasteiger partial charge in [0.05, 0.1) is 13.1 Å². The van der Waals surface area contributed by atoms with Crippen LogP contribution in [0.4, 0.5) is 4.79 Å². The Morgan fingerprint density at radius 3 is 2.85 bits per heavy atom. The molecule has 1 atom stereocenters. The predicted octanol–water partition coefficient (Wildman–Crippen LogP) is 2.03. The van der Waals surface area contributed by atoms with Gasteiger partial charge in [-0.05, 0) is 12.5 Å². The molecular formula is C19H22N4O4. The number of aryl methyl sites for hydroxylation is 2. The van der Waals surface area contributed by atoms with E-state index in [0.29, 0.717) is 44.2 Å². The second-order valence-electron chi connectivity index (χ2n) is 7.30. The molecule has 4 rings (SSSR count). The number of hydrogen-bond acceptors (Lipinski definition) is 6. The van der Waals surface area contributed by atoms with Gasteiger partial charge in [0, 0.05) is 38.4 Å². The lowest BCUT2D eigenvalue weighted by Crippen LogP contribution is -2.39. The van der Waals surface area contributed by atoms with Gasteiger partial charge in [0.15, 0.2) is 5.60 Å². The van der Waals surface area contributed by atoms with E-state index in [1.165, 1.54) is 0 Å². The molecule has 2 amide bonds. The van der Waals surface area contributed by atoms with Gasteiger partial charge in [-0.1, -0.05) is 29.4 Å². The van der Waals surface area contributed by atoms with Crippen molar-refractivity contribution in [2.24, 2.45) is 0 Å². The molecule has 1 aromatic heterocycles. The molecular weight excluding hydrogens is 348 g/mol. The van der Waals surface area contributed by atoms with Gasteiger partial charge in [-0.25, -0.2) is 4.79 Å². The summed E-state index contributed by atoms with van der Waals surface area (Å²) in [6, 6.07) is 7.82. The molecule has 142 valence electrons. The highest BCUT2D eigenvalue weighted by atomic mass is 16.6. The maximum absolute atomic E-state index is 12.5. The number of benzene rings is 1. The number of likely N-dealkylation sites (N-methyl/N-ethyl adjacent to an activating group) is 1.